The number of benzene rings is 1. The van der Waals surface area contributed by atoms with Gasteiger partial charge in [-0.05, 0) is 43.7 Å². The van der Waals surface area contributed by atoms with Crippen LogP contribution in [0.15, 0.2) is 34.7 Å². The zero-order valence-electron chi connectivity index (χ0n) is 11.0. The molecule has 102 valence electrons. The van der Waals surface area contributed by atoms with Crippen LogP contribution in [0.3, 0.4) is 0 Å². The molecule has 4 heteroatoms. The highest BCUT2D eigenvalue weighted by atomic mass is 35.5. The van der Waals surface area contributed by atoms with Gasteiger partial charge in [0, 0.05) is 0 Å². The van der Waals surface area contributed by atoms with Crippen molar-refractivity contribution in [3.05, 3.63) is 58.3 Å². The maximum atomic E-state index is 13.9. The fourth-order valence-corrected chi connectivity index (χ4v) is 2.28. The van der Waals surface area contributed by atoms with Gasteiger partial charge in [-0.2, -0.15) is 0 Å². The summed E-state index contributed by atoms with van der Waals surface area (Å²) < 4.78 is 19.6. The molecule has 2 nitrogen and oxygen atoms in total. The molecule has 1 N–H and O–H groups in total. The van der Waals surface area contributed by atoms with E-state index in [-0.39, 0.29) is 16.9 Å². The van der Waals surface area contributed by atoms with E-state index in [0.717, 1.165) is 18.1 Å². The van der Waals surface area contributed by atoms with Crippen LogP contribution in [-0.2, 0) is 6.42 Å². The number of hydrogen-bond donors (Lipinski definition) is 1. The van der Waals surface area contributed by atoms with E-state index >= 15 is 0 Å². The molecule has 0 amide bonds. The summed E-state index contributed by atoms with van der Waals surface area (Å²) >= 11 is 5.81. The number of nitrogens with one attached hydrogen (secondary N) is 1. The van der Waals surface area contributed by atoms with E-state index in [2.05, 4.69) is 5.32 Å². The van der Waals surface area contributed by atoms with E-state index in [1.54, 1.807) is 18.2 Å². The Kier molecular flexibility index (Phi) is 4.61. The lowest BCUT2D eigenvalue weighted by molar-refractivity contribution is 0.400. The zero-order chi connectivity index (χ0) is 13.8. The quantitative estimate of drug-likeness (QED) is 0.885. The summed E-state index contributed by atoms with van der Waals surface area (Å²) in [5, 5.41) is 3.46. The van der Waals surface area contributed by atoms with Gasteiger partial charge in [0.1, 0.15) is 17.3 Å². The minimum atomic E-state index is -0.352. The molecule has 2 rings (SSSR count). The number of furan rings is 1. The van der Waals surface area contributed by atoms with Crippen LogP contribution in [0.2, 0.25) is 5.02 Å². The number of halogens is 2. The van der Waals surface area contributed by atoms with Crippen molar-refractivity contribution >= 4 is 11.6 Å². The number of rotatable bonds is 5. The topological polar surface area (TPSA) is 25.2 Å². The van der Waals surface area contributed by atoms with Gasteiger partial charge in [0.2, 0.25) is 0 Å². The SMILES string of the molecule is CCNC(Cc1cccc(Cl)c1F)c1ccc(C)o1. The lowest BCUT2D eigenvalue weighted by Gasteiger charge is -2.16. The van der Waals surface area contributed by atoms with Crippen molar-refractivity contribution < 1.29 is 8.81 Å². The lowest BCUT2D eigenvalue weighted by Crippen LogP contribution is -2.23. The zero-order valence-corrected chi connectivity index (χ0v) is 11.8. The number of aryl methyl sites for hydroxylation is 1. The summed E-state index contributed by atoms with van der Waals surface area (Å²) in [5.74, 6) is 1.32. The maximum absolute atomic E-state index is 13.9. The molecular formula is C15H17ClFNO. The van der Waals surface area contributed by atoms with Gasteiger partial charge in [0.15, 0.2) is 0 Å². The van der Waals surface area contributed by atoms with E-state index in [9.17, 15) is 4.39 Å². The van der Waals surface area contributed by atoms with Crippen LogP contribution < -0.4 is 5.32 Å². The van der Waals surface area contributed by atoms with Crippen molar-refractivity contribution in [1.82, 2.24) is 5.32 Å². The fourth-order valence-electron chi connectivity index (χ4n) is 2.09. The second-order valence-corrected chi connectivity index (χ2v) is 4.88. The highest BCUT2D eigenvalue weighted by Gasteiger charge is 2.17. The summed E-state index contributed by atoms with van der Waals surface area (Å²) in [5.41, 5.74) is 0.590. The first-order valence-corrected chi connectivity index (χ1v) is 6.72. The van der Waals surface area contributed by atoms with Gasteiger partial charge in [0.05, 0.1) is 11.1 Å². The van der Waals surface area contributed by atoms with Gasteiger partial charge in [-0.1, -0.05) is 30.7 Å². The second kappa shape index (κ2) is 6.22. The Labute approximate surface area is 117 Å². The molecule has 0 aliphatic rings. The van der Waals surface area contributed by atoms with Crippen LogP contribution in [-0.4, -0.2) is 6.54 Å². The highest BCUT2D eigenvalue weighted by molar-refractivity contribution is 6.30. The highest BCUT2D eigenvalue weighted by Crippen LogP contribution is 2.25. The van der Waals surface area contributed by atoms with E-state index in [1.807, 2.05) is 26.0 Å². The normalized spacial score (nSPS) is 12.6. The van der Waals surface area contributed by atoms with Crippen LogP contribution in [0.25, 0.3) is 0 Å². The summed E-state index contributed by atoms with van der Waals surface area (Å²) in [4.78, 5) is 0. The van der Waals surface area contributed by atoms with Crippen LogP contribution in [0.5, 0.6) is 0 Å². The van der Waals surface area contributed by atoms with Crippen molar-refractivity contribution in [3.8, 4) is 0 Å². The molecule has 1 unspecified atom stereocenters. The average Bonchev–Trinajstić information content (AvgIpc) is 2.81. The molecule has 0 spiro atoms. The van der Waals surface area contributed by atoms with Crippen molar-refractivity contribution in [2.75, 3.05) is 6.54 Å². The standard InChI is InChI=1S/C15H17ClFNO/c1-3-18-13(14-8-7-10(2)19-14)9-11-5-4-6-12(16)15(11)17/h4-8,13,18H,3,9H2,1-2H3. The van der Waals surface area contributed by atoms with E-state index < -0.39 is 0 Å². The molecule has 1 aromatic heterocycles. The summed E-state index contributed by atoms with van der Waals surface area (Å²) in [6.45, 7) is 4.69. The van der Waals surface area contributed by atoms with E-state index in [4.69, 9.17) is 16.0 Å². The third-order valence-corrected chi connectivity index (χ3v) is 3.30. The number of likely N-dealkylation sites (N-methyl/N-ethyl adjacent to an activating group) is 1. The molecule has 1 aromatic carbocycles. The Morgan fingerprint density at radius 3 is 2.74 bits per heavy atom. The van der Waals surface area contributed by atoms with Gasteiger partial charge >= 0.3 is 0 Å². The second-order valence-electron chi connectivity index (χ2n) is 4.48. The molecule has 0 saturated heterocycles. The van der Waals surface area contributed by atoms with E-state index in [0.29, 0.717) is 12.0 Å². The minimum absolute atomic E-state index is 0.0494. The van der Waals surface area contributed by atoms with Crippen LogP contribution in [0, 0.1) is 12.7 Å². The molecule has 0 fully saturated rings. The van der Waals surface area contributed by atoms with Crippen molar-refractivity contribution in [2.24, 2.45) is 0 Å². The first-order chi connectivity index (χ1) is 9.11. The molecule has 0 bridgehead atoms. The Morgan fingerprint density at radius 1 is 1.32 bits per heavy atom. The average molecular weight is 282 g/mol. The molecule has 2 aromatic rings. The third kappa shape index (κ3) is 3.37. The molecule has 0 aliphatic carbocycles. The Bertz CT molecular complexity index is 553. The van der Waals surface area contributed by atoms with Gasteiger partial charge in [-0.3, -0.25) is 0 Å². The Hall–Kier alpha value is -1.32. The Morgan fingerprint density at radius 2 is 2.11 bits per heavy atom. The van der Waals surface area contributed by atoms with Gasteiger partial charge in [-0.15, -0.1) is 0 Å². The van der Waals surface area contributed by atoms with Crippen LogP contribution in [0.4, 0.5) is 4.39 Å². The third-order valence-electron chi connectivity index (χ3n) is 3.01. The largest absolute Gasteiger partial charge is 0.465 e. The molecule has 0 saturated carbocycles. The lowest BCUT2D eigenvalue weighted by atomic mass is 10.0. The van der Waals surface area contributed by atoms with Crippen molar-refractivity contribution in [2.45, 2.75) is 26.3 Å². The predicted octanol–water partition coefficient (Wildman–Crippen LogP) is 4.27. The van der Waals surface area contributed by atoms with Gasteiger partial charge in [-0.25, -0.2) is 4.39 Å². The molecular weight excluding hydrogens is 265 g/mol. The monoisotopic (exact) mass is 281 g/mol. The van der Waals surface area contributed by atoms with Crippen molar-refractivity contribution in [1.29, 1.82) is 0 Å². The first kappa shape index (κ1) is 14.1. The molecule has 1 atom stereocenters. The fraction of sp³-hybridized carbons (Fsp3) is 0.333. The summed E-state index contributed by atoms with van der Waals surface area (Å²) in [6.07, 6.45) is 0.507. The Balaban J connectivity index is 2.23. The molecule has 19 heavy (non-hydrogen) atoms. The maximum Gasteiger partial charge on any atom is 0.145 e. The van der Waals surface area contributed by atoms with Crippen LogP contribution >= 0.6 is 11.6 Å². The molecule has 1 heterocycles. The summed E-state index contributed by atoms with van der Waals surface area (Å²) in [7, 11) is 0. The number of hydrogen-bond acceptors (Lipinski definition) is 2. The minimum Gasteiger partial charge on any atom is -0.465 e. The smallest absolute Gasteiger partial charge is 0.145 e. The van der Waals surface area contributed by atoms with Gasteiger partial charge in [0.25, 0.3) is 0 Å². The molecule has 0 radical (unpaired) electrons. The van der Waals surface area contributed by atoms with Crippen molar-refractivity contribution in [3.63, 3.8) is 0 Å². The predicted molar refractivity (Wildman–Crippen MR) is 75.0 cm³/mol. The molecule has 0 aliphatic heterocycles. The first-order valence-electron chi connectivity index (χ1n) is 6.34. The van der Waals surface area contributed by atoms with Gasteiger partial charge < -0.3 is 9.73 Å². The van der Waals surface area contributed by atoms with Crippen LogP contribution in [0.1, 0.15) is 30.0 Å². The van der Waals surface area contributed by atoms with E-state index in [1.165, 1.54) is 0 Å². The summed E-state index contributed by atoms with van der Waals surface area (Å²) in [6, 6.07) is 8.85.